The van der Waals surface area contributed by atoms with Crippen LogP contribution in [0.25, 0.3) is 0 Å². The number of carbonyl (C=O) groups excluding carboxylic acids is 1. The molecule has 4 nitrogen and oxygen atoms in total. The Kier molecular flexibility index (Phi) is 10.3. The molecular weight excluding hydrogens is 482 g/mol. The normalized spacial score (nSPS) is 11.3. The molecule has 4 rings (SSSR count). The molecular formula is C35H35NO3. The van der Waals surface area contributed by atoms with Gasteiger partial charge in [-0.15, -0.1) is 0 Å². The summed E-state index contributed by atoms with van der Waals surface area (Å²) in [5, 5.41) is 0. The lowest BCUT2D eigenvalue weighted by atomic mass is 10.1. The summed E-state index contributed by atoms with van der Waals surface area (Å²) >= 11 is 0. The van der Waals surface area contributed by atoms with Gasteiger partial charge >= 0.3 is 0 Å². The fraction of sp³-hybridized carbons (Fsp3) is 0.171. The van der Waals surface area contributed by atoms with Gasteiger partial charge in [0.15, 0.2) is 17.3 Å². The minimum atomic E-state index is 0.0182. The van der Waals surface area contributed by atoms with Gasteiger partial charge in [0.05, 0.1) is 6.54 Å². The second-order valence-electron chi connectivity index (χ2n) is 9.33. The fourth-order valence-corrected chi connectivity index (χ4v) is 4.22. The van der Waals surface area contributed by atoms with Crippen molar-refractivity contribution in [2.24, 2.45) is 0 Å². The third-order valence-corrected chi connectivity index (χ3v) is 6.40. The number of benzene rings is 4. The van der Waals surface area contributed by atoms with Gasteiger partial charge in [0.25, 0.3) is 0 Å². The van der Waals surface area contributed by atoms with Crippen LogP contribution in [0.3, 0.4) is 0 Å². The molecule has 198 valence electrons. The number of nitrogens with zero attached hydrogens (tertiary/aromatic N) is 1. The van der Waals surface area contributed by atoms with Crippen molar-refractivity contribution in [3.05, 3.63) is 156 Å². The average Bonchev–Trinajstić information content (AvgIpc) is 2.99. The molecule has 0 saturated heterocycles. The number of rotatable bonds is 14. The molecule has 0 aliphatic heterocycles. The Labute approximate surface area is 231 Å². The van der Waals surface area contributed by atoms with Crippen LogP contribution in [0.2, 0.25) is 0 Å². The van der Waals surface area contributed by atoms with Crippen LogP contribution in [0, 0.1) is 0 Å². The Morgan fingerprint density at radius 3 is 1.79 bits per heavy atom. The zero-order valence-electron chi connectivity index (χ0n) is 22.5. The molecule has 0 spiro atoms. The van der Waals surface area contributed by atoms with Crippen LogP contribution in [-0.2, 0) is 19.8 Å². The molecule has 39 heavy (non-hydrogen) atoms. The number of Topliss-reactive ketones (excluding diaryl/α,β-unsaturated/α-hetero) is 1. The highest BCUT2D eigenvalue weighted by Gasteiger charge is 2.17. The lowest BCUT2D eigenvalue weighted by Gasteiger charge is -2.23. The molecule has 0 aliphatic rings. The summed E-state index contributed by atoms with van der Waals surface area (Å²) in [5.41, 5.74) is 4.92. The minimum absolute atomic E-state index is 0.0182. The second kappa shape index (κ2) is 14.5. The number of hydrogen-bond acceptors (Lipinski definition) is 4. The summed E-state index contributed by atoms with van der Waals surface area (Å²) in [6.07, 6.45) is 3.88. The van der Waals surface area contributed by atoms with Crippen LogP contribution in [-0.4, -0.2) is 23.8 Å². The van der Waals surface area contributed by atoms with Crippen LogP contribution < -0.4 is 9.47 Å². The largest absolute Gasteiger partial charge is 0.485 e. The van der Waals surface area contributed by atoms with E-state index in [9.17, 15) is 4.79 Å². The Bertz CT molecular complexity index is 1370. The smallest absolute Gasteiger partial charge is 0.176 e. The van der Waals surface area contributed by atoms with Crippen molar-refractivity contribution in [3.8, 4) is 11.5 Å². The number of hydrogen-bond donors (Lipinski definition) is 0. The predicted octanol–water partition coefficient (Wildman–Crippen LogP) is 7.66. The van der Waals surface area contributed by atoms with E-state index in [1.807, 2.05) is 110 Å². The second-order valence-corrected chi connectivity index (χ2v) is 9.33. The molecule has 0 atom stereocenters. The van der Waals surface area contributed by atoms with E-state index in [0.717, 1.165) is 22.3 Å². The van der Waals surface area contributed by atoms with Gasteiger partial charge in [-0.05, 0) is 47.4 Å². The minimum Gasteiger partial charge on any atom is -0.485 e. The first-order valence-electron chi connectivity index (χ1n) is 13.2. The SMILES string of the molecule is C=C/C(=C\C)CN(CC(=O)c1ccc(OCc2ccccc2)c(OCc2ccccc2)c1)Cc1ccccc1. The molecule has 0 amide bonds. The maximum atomic E-state index is 13.5. The van der Waals surface area contributed by atoms with Crippen LogP contribution >= 0.6 is 0 Å². The molecule has 0 aliphatic carbocycles. The van der Waals surface area contributed by atoms with Gasteiger partial charge in [0.1, 0.15) is 13.2 Å². The molecule has 0 radical (unpaired) electrons. The van der Waals surface area contributed by atoms with Gasteiger partial charge in [0, 0.05) is 18.7 Å². The maximum Gasteiger partial charge on any atom is 0.176 e. The average molecular weight is 518 g/mol. The van der Waals surface area contributed by atoms with Gasteiger partial charge < -0.3 is 9.47 Å². The van der Waals surface area contributed by atoms with Crippen LogP contribution in [0.4, 0.5) is 0 Å². The highest BCUT2D eigenvalue weighted by molar-refractivity contribution is 5.98. The first-order valence-corrected chi connectivity index (χ1v) is 13.2. The van der Waals surface area contributed by atoms with E-state index >= 15 is 0 Å². The van der Waals surface area contributed by atoms with Gasteiger partial charge in [-0.25, -0.2) is 0 Å². The molecule has 4 aromatic carbocycles. The van der Waals surface area contributed by atoms with Crippen LogP contribution in [0.15, 0.2) is 133 Å². The summed E-state index contributed by atoms with van der Waals surface area (Å²) in [6.45, 7) is 8.27. The third-order valence-electron chi connectivity index (χ3n) is 6.40. The van der Waals surface area contributed by atoms with E-state index in [-0.39, 0.29) is 12.3 Å². The quantitative estimate of drug-likeness (QED) is 0.127. The molecule has 4 aromatic rings. The number of allylic oxidation sites excluding steroid dienone is 1. The molecule has 0 heterocycles. The summed E-state index contributed by atoms with van der Waals surface area (Å²) < 4.78 is 12.3. The predicted molar refractivity (Wildman–Crippen MR) is 158 cm³/mol. The standard InChI is InChI=1S/C35H35NO3/c1-3-28(4-2)23-36(24-29-14-8-5-9-15-29)25-33(37)32-20-21-34(38-26-30-16-10-6-11-17-30)35(22-32)39-27-31-18-12-7-13-19-31/h3-22H,1,23-27H2,2H3/b28-4+. The van der Waals surface area contributed by atoms with E-state index in [2.05, 4.69) is 23.6 Å². The Morgan fingerprint density at radius 2 is 1.26 bits per heavy atom. The molecule has 0 aromatic heterocycles. The van der Waals surface area contributed by atoms with Crippen LogP contribution in [0.1, 0.15) is 34.0 Å². The summed E-state index contributed by atoms with van der Waals surface area (Å²) in [6, 6.07) is 35.6. The summed E-state index contributed by atoms with van der Waals surface area (Å²) in [5.74, 6) is 1.18. The van der Waals surface area contributed by atoms with E-state index in [4.69, 9.17) is 9.47 Å². The first-order chi connectivity index (χ1) is 19.1. The van der Waals surface area contributed by atoms with Crippen molar-refractivity contribution < 1.29 is 14.3 Å². The zero-order valence-corrected chi connectivity index (χ0v) is 22.5. The maximum absolute atomic E-state index is 13.5. The topological polar surface area (TPSA) is 38.8 Å². The first kappa shape index (κ1) is 27.6. The van der Waals surface area contributed by atoms with E-state index < -0.39 is 0 Å². The van der Waals surface area contributed by atoms with Crippen molar-refractivity contribution in [2.45, 2.75) is 26.7 Å². The zero-order chi connectivity index (χ0) is 27.3. The fourth-order valence-electron chi connectivity index (χ4n) is 4.22. The molecule has 0 bridgehead atoms. The Morgan fingerprint density at radius 1 is 0.718 bits per heavy atom. The highest BCUT2D eigenvalue weighted by Crippen LogP contribution is 2.30. The molecule has 0 saturated carbocycles. The molecule has 0 fully saturated rings. The monoisotopic (exact) mass is 517 g/mol. The highest BCUT2D eigenvalue weighted by atomic mass is 16.5. The van der Waals surface area contributed by atoms with Crippen molar-refractivity contribution in [1.82, 2.24) is 4.90 Å². The number of ether oxygens (including phenoxy) is 2. The number of ketones is 1. The van der Waals surface area contributed by atoms with Crippen molar-refractivity contribution in [3.63, 3.8) is 0 Å². The van der Waals surface area contributed by atoms with Gasteiger partial charge in [-0.3, -0.25) is 9.69 Å². The van der Waals surface area contributed by atoms with Gasteiger partial charge in [0.2, 0.25) is 0 Å². The summed E-state index contributed by atoms with van der Waals surface area (Å²) in [4.78, 5) is 15.7. The molecule has 0 N–H and O–H groups in total. The van der Waals surface area contributed by atoms with Crippen LogP contribution in [0.5, 0.6) is 11.5 Å². The van der Waals surface area contributed by atoms with E-state index in [1.165, 1.54) is 0 Å². The molecule has 4 heteroatoms. The van der Waals surface area contributed by atoms with E-state index in [0.29, 0.717) is 43.4 Å². The lowest BCUT2D eigenvalue weighted by Crippen LogP contribution is -2.31. The van der Waals surface area contributed by atoms with E-state index in [1.54, 1.807) is 6.07 Å². The Hall–Kier alpha value is -4.41. The van der Waals surface area contributed by atoms with Gasteiger partial charge in [-0.1, -0.05) is 110 Å². The summed E-state index contributed by atoms with van der Waals surface area (Å²) in [7, 11) is 0. The van der Waals surface area contributed by atoms with Crippen molar-refractivity contribution >= 4 is 5.78 Å². The lowest BCUT2D eigenvalue weighted by molar-refractivity contribution is 0.0932. The molecule has 0 unspecified atom stereocenters. The van der Waals surface area contributed by atoms with Crippen molar-refractivity contribution in [2.75, 3.05) is 13.1 Å². The number of carbonyl (C=O) groups is 1. The Balaban J connectivity index is 1.54. The van der Waals surface area contributed by atoms with Gasteiger partial charge in [-0.2, -0.15) is 0 Å². The van der Waals surface area contributed by atoms with Crippen molar-refractivity contribution in [1.29, 1.82) is 0 Å². The third kappa shape index (κ3) is 8.56.